The van der Waals surface area contributed by atoms with Gasteiger partial charge in [-0.1, -0.05) is 13.8 Å². The molecule has 0 aromatic heterocycles. The van der Waals surface area contributed by atoms with Crippen LogP contribution in [0.2, 0.25) is 0 Å². The summed E-state index contributed by atoms with van der Waals surface area (Å²) in [7, 11) is 0. The number of amides is 2. The maximum Gasteiger partial charge on any atom is 0.240 e. The monoisotopic (exact) mass is 346 g/mol. The van der Waals surface area contributed by atoms with Crippen molar-refractivity contribution in [2.75, 3.05) is 11.9 Å². The number of likely N-dealkylation sites (tertiary alicyclic amines) is 1. The number of nitrogens with zero attached hydrogens (tertiary/aromatic N) is 2. The van der Waals surface area contributed by atoms with Crippen molar-refractivity contribution in [2.45, 2.75) is 38.8 Å². The van der Waals surface area contributed by atoms with Gasteiger partial charge in [-0.05, 0) is 43.0 Å². The number of halogens is 1. The Labute approximate surface area is 146 Å². The molecule has 0 bridgehead atoms. The molecule has 0 aliphatic carbocycles. The van der Waals surface area contributed by atoms with Crippen LogP contribution in [0, 0.1) is 29.0 Å². The Morgan fingerprint density at radius 3 is 2.60 bits per heavy atom. The molecule has 6 nitrogen and oxygen atoms in total. The van der Waals surface area contributed by atoms with Gasteiger partial charge in [0.2, 0.25) is 11.8 Å². The van der Waals surface area contributed by atoms with Crippen LogP contribution >= 0.6 is 0 Å². The molecule has 1 fully saturated rings. The van der Waals surface area contributed by atoms with Gasteiger partial charge in [-0.3, -0.25) is 9.59 Å². The van der Waals surface area contributed by atoms with Crippen molar-refractivity contribution in [1.29, 1.82) is 5.26 Å². The van der Waals surface area contributed by atoms with Gasteiger partial charge in [0.1, 0.15) is 11.9 Å². The smallest absolute Gasteiger partial charge is 0.240 e. The maximum absolute atomic E-state index is 12.9. The van der Waals surface area contributed by atoms with Crippen molar-refractivity contribution in [3.63, 3.8) is 0 Å². The van der Waals surface area contributed by atoms with Gasteiger partial charge in [-0.15, -0.1) is 0 Å². The molecule has 2 rings (SSSR count). The van der Waals surface area contributed by atoms with Crippen molar-refractivity contribution in [1.82, 2.24) is 4.90 Å². The minimum Gasteiger partial charge on any atom is -0.326 e. The zero-order valence-corrected chi connectivity index (χ0v) is 14.4. The molecular weight excluding hydrogens is 323 g/mol. The minimum atomic E-state index is -0.858. The zero-order valence-electron chi connectivity index (χ0n) is 14.4. The fourth-order valence-electron chi connectivity index (χ4n) is 2.92. The Morgan fingerprint density at radius 1 is 1.36 bits per heavy atom. The van der Waals surface area contributed by atoms with Gasteiger partial charge in [0.25, 0.3) is 0 Å². The van der Waals surface area contributed by atoms with E-state index in [0.717, 1.165) is 6.42 Å². The second kappa shape index (κ2) is 8.08. The van der Waals surface area contributed by atoms with Crippen LogP contribution in [-0.4, -0.2) is 35.3 Å². The Balaban J connectivity index is 1.99. The summed E-state index contributed by atoms with van der Waals surface area (Å²) < 4.78 is 12.9. The number of nitriles is 1. The SMILES string of the molecule is C[C@@H]([C@H](C)C(=O)Nc1ccc(F)cc1)[C@H](N)C(=O)N1CCC[C@H]1C#N. The molecule has 1 saturated heterocycles. The molecular formula is C18H23FN4O2. The molecule has 0 saturated carbocycles. The number of nitrogens with one attached hydrogen (secondary N) is 1. The van der Waals surface area contributed by atoms with E-state index < -0.39 is 23.9 Å². The summed E-state index contributed by atoms with van der Waals surface area (Å²) in [6.07, 6.45) is 1.44. The van der Waals surface area contributed by atoms with Crippen LogP contribution in [0.3, 0.4) is 0 Å². The highest BCUT2D eigenvalue weighted by atomic mass is 19.1. The highest BCUT2D eigenvalue weighted by Crippen LogP contribution is 2.22. The standard InChI is InChI=1S/C18H23FN4O2/c1-11(16(21)18(25)23-9-3-4-15(23)10-20)12(2)17(24)22-14-7-5-13(19)6-8-14/h5-8,11-12,15-16H,3-4,9,21H2,1-2H3,(H,22,24)/t11-,12-,15-,16-/m0/s1. The predicted octanol–water partition coefficient (Wildman–Crippen LogP) is 1.88. The highest BCUT2D eigenvalue weighted by Gasteiger charge is 2.36. The Bertz CT molecular complexity index is 671. The first kappa shape index (κ1) is 18.9. The van der Waals surface area contributed by atoms with Crippen molar-refractivity contribution in [2.24, 2.45) is 17.6 Å². The van der Waals surface area contributed by atoms with E-state index in [1.165, 1.54) is 29.2 Å². The first-order valence-electron chi connectivity index (χ1n) is 8.37. The molecule has 0 unspecified atom stereocenters. The van der Waals surface area contributed by atoms with E-state index in [1.807, 2.05) is 0 Å². The fourth-order valence-corrected chi connectivity index (χ4v) is 2.92. The van der Waals surface area contributed by atoms with Crippen LogP contribution in [0.25, 0.3) is 0 Å². The lowest BCUT2D eigenvalue weighted by Gasteiger charge is -2.29. The lowest BCUT2D eigenvalue weighted by Crippen LogP contribution is -2.51. The van der Waals surface area contributed by atoms with E-state index in [1.54, 1.807) is 13.8 Å². The molecule has 1 aliphatic heterocycles. The number of carbonyl (C=O) groups is 2. The summed E-state index contributed by atoms with van der Waals surface area (Å²) >= 11 is 0. The first-order valence-corrected chi connectivity index (χ1v) is 8.37. The van der Waals surface area contributed by atoms with Crippen LogP contribution in [0.4, 0.5) is 10.1 Å². The molecule has 3 N–H and O–H groups in total. The third kappa shape index (κ3) is 4.34. The largest absolute Gasteiger partial charge is 0.326 e. The number of carbonyl (C=O) groups excluding carboxylic acids is 2. The number of anilines is 1. The Kier molecular flexibility index (Phi) is 6.10. The van der Waals surface area contributed by atoms with Gasteiger partial charge in [-0.2, -0.15) is 5.26 Å². The Hall–Kier alpha value is -2.46. The molecule has 0 radical (unpaired) electrons. The molecule has 1 aliphatic rings. The molecule has 134 valence electrons. The summed E-state index contributed by atoms with van der Waals surface area (Å²) in [4.78, 5) is 26.4. The fraction of sp³-hybridized carbons (Fsp3) is 0.500. The van der Waals surface area contributed by atoms with Gasteiger partial charge in [0.15, 0.2) is 0 Å². The second-order valence-electron chi connectivity index (χ2n) is 6.49. The van der Waals surface area contributed by atoms with E-state index >= 15 is 0 Å². The van der Waals surface area contributed by atoms with Crippen LogP contribution in [-0.2, 0) is 9.59 Å². The average molecular weight is 346 g/mol. The predicted molar refractivity (Wildman–Crippen MR) is 91.7 cm³/mol. The van der Waals surface area contributed by atoms with E-state index in [4.69, 9.17) is 11.0 Å². The van der Waals surface area contributed by atoms with Crippen LogP contribution < -0.4 is 11.1 Å². The molecule has 1 aromatic carbocycles. The number of rotatable bonds is 5. The van der Waals surface area contributed by atoms with Crippen molar-refractivity contribution >= 4 is 17.5 Å². The van der Waals surface area contributed by atoms with E-state index in [9.17, 15) is 14.0 Å². The molecule has 7 heteroatoms. The summed E-state index contributed by atoms with van der Waals surface area (Å²) in [6, 6.07) is 6.28. The Morgan fingerprint density at radius 2 is 2.00 bits per heavy atom. The second-order valence-corrected chi connectivity index (χ2v) is 6.49. The van der Waals surface area contributed by atoms with Gasteiger partial charge in [0.05, 0.1) is 12.1 Å². The normalized spacial score (nSPS) is 20.4. The molecule has 25 heavy (non-hydrogen) atoms. The van der Waals surface area contributed by atoms with Crippen molar-refractivity contribution in [3.05, 3.63) is 30.1 Å². The van der Waals surface area contributed by atoms with Crippen molar-refractivity contribution < 1.29 is 14.0 Å². The minimum absolute atomic E-state index is 0.291. The molecule has 4 atom stereocenters. The van der Waals surface area contributed by atoms with Gasteiger partial charge >= 0.3 is 0 Å². The summed E-state index contributed by atoms with van der Waals surface area (Å²) in [5, 5.41) is 11.8. The zero-order chi connectivity index (χ0) is 18.6. The van der Waals surface area contributed by atoms with E-state index in [0.29, 0.717) is 18.7 Å². The maximum atomic E-state index is 12.9. The summed E-state index contributed by atoms with van der Waals surface area (Å²) in [5.74, 6) is -1.90. The van der Waals surface area contributed by atoms with Crippen molar-refractivity contribution in [3.8, 4) is 6.07 Å². The quantitative estimate of drug-likeness (QED) is 0.850. The number of nitrogens with two attached hydrogens (primary N) is 1. The lowest BCUT2D eigenvalue weighted by molar-refractivity contribution is -0.134. The van der Waals surface area contributed by atoms with Gasteiger partial charge in [0, 0.05) is 18.2 Å². The van der Waals surface area contributed by atoms with Gasteiger partial charge in [-0.25, -0.2) is 4.39 Å². The van der Waals surface area contributed by atoms with Crippen LogP contribution in [0.15, 0.2) is 24.3 Å². The third-order valence-electron chi connectivity index (χ3n) is 4.85. The van der Waals surface area contributed by atoms with E-state index in [-0.39, 0.29) is 17.6 Å². The average Bonchev–Trinajstić information content (AvgIpc) is 3.09. The number of hydrogen-bond donors (Lipinski definition) is 2. The molecule has 0 spiro atoms. The third-order valence-corrected chi connectivity index (χ3v) is 4.85. The number of benzene rings is 1. The van der Waals surface area contributed by atoms with E-state index in [2.05, 4.69) is 11.4 Å². The van der Waals surface area contributed by atoms with Crippen LogP contribution in [0.5, 0.6) is 0 Å². The molecule has 2 amide bonds. The number of hydrogen-bond acceptors (Lipinski definition) is 4. The first-order chi connectivity index (χ1) is 11.8. The summed E-state index contributed by atoms with van der Waals surface area (Å²) in [5.41, 5.74) is 6.56. The highest BCUT2D eigenvalue weighted by molar-refractivity contribution is 5.93. The molecule has 1 aromatic rings. The lowest BCUT2D eigenvalue weighted by atomic mass is 9.87. The molecule has 1 heterocycles. The van der Waals surface area contributed by atoms with Crippen LogP contribution in [0.1, 0.15) is 26.7 Å². The van der Waals surface area contributed by atoms with Gasteiger partial charge < -0.3 is 16.0 Å². The topological polar surface area (TPSA) is 99.2 Å². The summed E-state index contributed by atoms with van der Waals surface area (Å²) in [6.45, 7) is 3.96.